The highest BCUT2D eigenvalue weighted by atomic mass is 19.1. The van der Waals surface area contributed by atoms with E-state index < -0.39 is 0 Å². The Labute approximate surface area is 117 Å². The highest BCUT2D eigenvalue weighted by Crippen LogP contribution is 2.32. The van der Waals surface area contributed by atoms with Crippen molar-refractivity contribution >= 4 is 11.4 Å². The highest BCUT2D eigenvalue weighted by Gasteiger charge is 2.17. The quantitative estimate of drug-likeness (QED) is 0.853. The van der Waals surface area contributed by atoms with Crippen LogP contribution in [0, 0.1) is 5.82 Å². The van der Waals surface area contributed by atoms with E-state index in [1.807, 2.05) is 24.3 Å². The molecule has 20 heavy (non-hydrogen) atoms. The molecule has 0 unspecified atom stereocenters. The van der Waals surface area contributed by atoms with Gasteiger partial charge in [0.15, 0.2) is 5.82 Å². The van der Waals surface area contributed by atoms with E-state index in [2.05, 4.69) is 4.90 Å². The maximum Gasteiger partial charge on any atom is 0.151 e. The summed E-state index contributed by atoms with van der Waals surface area (Å²) in [5.41, 5.74) is 7.45. The summed E-state index contributed by atoms with van der Waals surface area (Å²) in [6.07, 6.45) is 0.915. The van der Waals surface area contributed by atoms with Gasteiger partial charge in [-0.25, -0.2) is 4.39 Å². The first-order valence-electron chi connectivity index (χ1n) is 6.75. The van der Waals surface area contributed by atoms with Crippen LogP contribution in [0.4, 0.5) is 15.8 Å². The van der Waals surface area contributed by atoms with Gasteiger partial charge in [0.05, 0.1) is 18.0 Å². The fraction of sp³-hybridized carbons (Fsp3) is 0.250. The monoisotopic (exact) mass is 272 g/mol. The third-order valence-electron chi connectivity index (χ3n) is 3.51. The zero-order valence-electron chi connectivity index (χ0n) is 11.2. The molecule has 2 aromatic rings. The van der Waals surface area contributed by atoms with Crippen LogP contribution in [0.1, 0.15) is 12.0 Å². The summed E-state index contributed by atoms with van der Waals surface area (Å²) in [4.78, 5) is 2.14. The topological polar surface area (TPSA) is 38.5 Å². The van der Waals surface area contributed by atoms with Crippen molar-refractivity contribution in [1.29, 1.82) is 0 Å². The molecule has 0 amide bonds. The lowest BCUT2D eigenvalue weighted by molar-refractivity contribution is 0.322. The number of ether oxygens (including phenoxy) is 1. The molecule has 0 saturated heterocycles. The average Bonchev–Trinajstić information content (AvgIpc) is 2.67. The number of para-hydroxylation sites is 2. The van der Waals surface area contributed by atoms with Gasteiger partial charge < -0.3 is 15.4 Å². The summed E-state index contributed by atoms with van der Waals surface area (Å²) in [6.45, 7) is 2.02. The molecule has 0 aromatic heterocycles. The Morgan fingerprint density at radius 1 is 1.15 bits per heavy atom. The van der Waals surface area contributed by atoms with Crippen molar-refractivity contribution in [2.24, 2.45) is 0 Å². The Morgan fingerprint density at radius 2 is 2.00 bits per heavy atom. The first kappa shape index (κ1) is 12.8. The predicted octanol–water partition coefficient (Wildman–Crippen LogP) is 3.20. The van der Waals surface area contributed by atoms with E-state index in [-0.39, 0.29) is 11.5 Å². The van der Waals surface area contributed by atoms with Crippen LogP contribution in [0.3, 0.4) is 0 Å². The van der Waals surface area contributed by atoms with Crippen molar-refractivity contribution in [3.8, 4) is 5.75 Å². The van der Waals surface area contributed by atoms with E-state index in [4.69, 9.17) is 10.5 Å². The number of rotatable bonds is 2. The molecule has 1 aliphatic heterocycles. The third kappa shape index (κ3) is 2.41. The van der Waals surface area contributed by atoms with Crippen LogP contribution in [0.15, 0.2) is 42.5 Å². The van der Waals surface area contributed by atoms with Gasteiger partial charge in [-0.05, 0) is 24.6 Å². The van der Waals surface area contributed by atoms with Crippen molar-refractivity contribution in [2.45, 2.75) is 13.0 Å². The summed E-state index contributed by atoms with van der Waals surface area (Å²) in [6, 6.07) is 13.0. The molecule has 0 radical (unpaired) electrons. The first-order valence-corrected chi connectivity index (χ1v) is 6.75. The minimum absolute atomic E-state index is 0.196. The molecule has 1 aliphatic rings. The number of nitrogens with two attached hydrogens (primary N) is 1. The molecule has 3 nitrogen and oxygen atoms in total. The Balaban J connectivity index is 1.92. The number of hydrogen-bond acceptors (Lipinski definition) is 3. The van der Waals surface area contributed by atoms with Gasteiger partial charge in [0.2, 0.25) is 0 Å². The van der Waals surface area contributed by atoms with Crippen LogP contribution in [0.5, 0.6) is 5.75 Å². The smallest absolute Gasteiger partial charge is 0.151 e. The summed E-state index contributed by atoms with van der Waals surface area (Å²) in [5.74, 6) is 0.532. The Bertz CT molecular complexity index is 615. The summed E-state index contributed by atoms with van der Waals surface area (Å²) in [7, 11) is 0. The van der Waals surface area contributed by atoms with Crippen molar-refractivity contribution < 1.29 is 9.13 Å². The molecular weight excluding hydrogens is 255 g/mol. The molecule has 1 heterocycles. The number of halogens is 1. The minimum Gasteiger partial charge on any atom is -0.491 e. The summed E-state index contributed by atoms with van der Waals surface area (Å²) >= 11 is 0. The fourth-order valence-electron chi connectivity index (χ4n) is 2.49. The molecule has 3 rings (SSSR count). The Hall–Kier alpha value is -2.23. The van der Waals surface area contributed by atoms with Crippen LogP contribution >= 0.6 is 0 Å². The van der Waals surface area contributed by atoms with Crippen molar-refractivity contribution in [1.82, 2.24) is 0 Å². The van der Waals surface area contributed by atoms with E-state index in [1.54, 1.807) is 18.2 Å². The van der Waals surface area contributed by atoms with Gasteiger partial charge in [-0.2, -0.15) is 0 Å². The molecular formula is C16H17FN2O. The number of anilines is 2. The molecule has 2 aromatic carbocycles. The SMILES string of the molecule is Nc1cccc(CN2CCCOc3ccccc32)c1F. The predicted molar refractivity (Wildman–Crippen MR) is 78.4 cm³/mol. The second-order valence-electron chi connectivity index (χ2n) is 4.91. The zero-order valence-corrected chi connectivity index (χ0v) is 11.2. The van der Waals surface area contributed by atoms with Crippen molar-refractivity contribution in [3.63, 3.8) is 0 Å². The standard InChI is InChI=1S/C16H17FN2O/c17-16-12(5-3-6-13(16)18)11-19-9-4-10-20-15-8-2-1-7-14(15)19/h1-3,5-8H,4,9-11,18H2. The summed E-state index contributed by atoms with van der Waals surface area (Å²) < 4.78 is 19.8. The molecule has 2 N–H and O–H groups in total. The first-order chi connectivity index (χ1) is 9.75. The van der Waals surface area contributed by atoms with Crippen LogP contribution in [0.25, 0.3) is 0 Å². The molecule has 0 saturated carbocycles. The van der Waals surface area contributed by atoms with Gasteiger partial charge in [0, 0.05) is 18.7 Å². The maximum atomic E-state index is 14.1. The lowest BCUT2D eigenvalue weighted by Crippen LogP contribution is -2.24. The Morgan fingerprint density at radius 3 is 2.90 bits per heavy atom. The molecule has 0 spiro atoms. The van der Waals surface area contributed by atoms with Crippen LogP contribution in [-0.2, 0) is 6.54 Å². The lowest BCUT2D eigenvalue weighted by Gasteiger charge is -2.24. The highest BCUT2D eigenvalue weighted by molar-refractivity contribution is 5.59. The normalized spacial score (nSPS) is 14.3. The van der Waals surface area contributed by atoms with Crippen LogP contribution in [0.2, 0.25) is 0 Å². The number of benzene rings is 2. The van der Waals surface area contributed by atoms with Gasteiger partial charge in [-0.15, -0.1) is 0 Å². The third-order valence-corrected chi connectivity index (χ3v) is 3.51. The number of hydrogen-bond donors (Lipinski definition) is 1. The largest absolute Gasteiger partial charge is 0.491 e. The molecule has 4 heteroatoms. The van der Waals surface area contributed by atoms with Crippen molar-refractivity contribution in [2.75, 3.05) is 23.8 Å². The van der Waals surface area contributed by atoms with Crippen LogP contribution < -0.4 is 15.4 Å². The van der Waals surface area contributed by atoms with E-state index >= 15 is 0 Å². The molecule has 0 bridgehead atoms. The lowest BCUT2D eigenvalue weighted by atomic mass is 10.1. The number of fused-ring (bicyclic) bond motifs is 1. The molecule has 0 fully saturated rings. The molecule has 104 valence electrons. The van der Waals surface area contributed by atoms with Gasteiger partial charge >= 0.3 is 0 Å². The van der Waals surface area contributed by atoms with Crippen molar-refractivity contribution in [3.05, 3.63) is 53.8 Å². The van der Waals surface area contributed by atoms with Gasteiger partial charge in [0.1, 0.15) is 5.75 Å². The average molecular weight is 272 g/mol. The summed E-state index contributed by atoms with van der Waals surface area (Å²) in [5, 5.41) is 0. The van der Waals surface area contributed by atoms with E-state index in [0.717, 1.165) is 24.4 Å². The number of nitrogens with zero attached hydrogens (tertiary/aromatic N) is 1. The van der Waals surface area contributed by atoms with Gasteiger partial charge in [-0.3, -0.25) is 0 Å². The molecule has 0 aliphatic carbocycles. The Kier molecular flexibility index (Phi) is 3.46. The second kappa shape index (κ2) is 5.41. The van der Waals surface area contributed by atoms with Crippen LogP contribution in [-0.4, -0.2) is 13.2 Å². The van der Waals surface area contributed by atoms with Gasteiger partial charge in [-0.1, -0.05) is 24.3 Å². The minimum atomic E-state index is -0.324. The van der Waals surface area contributed by atoms with Gasteiger partial charge in [0.25, 0.3) is 0 Å². The van der Waals surface area contributed by atoms with E-state index in [9.17, 15) is 4.39 Å². The number of nitrogen functional groups attached to an aromatic ring is 1. The fourth-order valence-corrected chi connectivity index (χ4v) is 2.49. The van der Waals surface area contributed by atoms with E-state index in [0.29, 0.717) is 18.7 Å². The zero-order chi connectivity index (χ0) is 13.9. The second-order valence-corrected chi connectivity index (χ2v) is 4.91. The maximum absolute atomic E-state index is 14.1. The molecule has 0 atom stereocenters. The van der Waals surface area contributed by atoms with E-state index in [1.165, 1.54) is 0 Å².